The van der Waals surface area contributed by atoms with Gasteiger partial charge in [-0.05, 0) is 13.0 Å². The lowest BCUT2D eigenvalue weighted by atomic mass is 10.2. The van der Waals surface area contributed by atoms with Crippen LogP contribution in [0.5, 0.6) is 0 Å². The van der Waals surface area contributed by atoms with Gasteiger partial charge in [-0.2, -0.15) is 8.42 Å². The Morgan fingerprint density at radius 1 is 1.29 bits per heavy atom. The summed E-state index contributed by atoms with van der Waals surface area (Å²) < 4.78 is 32.1. The Bertz CT molecular complexity index is 581. The molecule has 0 aliphatic carbocycles. The van der Waals surface area contributed by atoms with E-state index in [2.05, 4.69) is 0 Å². The third-order valence-electron chi connectivity index (χ3n) is 1.97. The Hall–Kier alpha value is -0.910. The van der Waals surface area contributed by atoms with Gasteiger partial charge in [0, 0.05) is 15.0 Å². The van der Waals surface area contributed by atoms with E-state index in [1.807, 2.05) is 12.1 Å². The van der Waals surface area contributed by atoms with Crippen LogP contribution in [0, 0.1) is 6.92 Å². The zero-order chi connectivity index (χ0) is 10.3. The molecule has 74 valence electrons. The maximum absolute atomic E-state index is 11.1. The number of hydrogen-bond donors (Lipinski definition) is 1. The number of aryl methyl sites for hydroxylation is 1. The molecule has 0 aliphatic rings. The second kappa shape index (κ2) is 3.05. The number of thiophene rings is 1. The van der Waals surface area contributed by atoms with Crippen molar-refractivity contribution in [1.82, 2.24) is 0 Å². The van der Waals surface area contributed by atoms with Crippen molar-refractivity contribution < 1.29 is 13.0 Å². The highest BCUT2D eigenvalue weighted by Crippen LogP contribution is 2.33. The molecule has 14 heavy (non-hydrogen) atoms. The van der Waals surface area contributed by atoms with E-state index in [1.165, 1.54) is 11.3 Å². The quantitative estimate of drug-likeness (QED) is 0.763. The monoisotopic (exact) mass is 228 g/mol. The molecule has 0 fully saturated rings. The summed E-state index contributed by atoms with van der Waals surface area (Å²) >= 11 is 1.37. The average Bonchev–Trinajstić information content (AvgIpc) is 2.38. The summed E-state index contributed by atoms with van der Waals surface area (Å²) in [5.41, 5.74) is 0. The van der Waals surface area contributed by atoms with Gasteiger partial charge in [-0.3, -0.25) is 4.55 Å². The van der Waals surface area contributed by atoms with Gasteiger partial charge in [0.2, 0.25) is 0 Å². The van der Waals surface area contributed by atoms with E-state index in [1.54, 1.807) is 19.1 Å². The first-order valence-corrected chi connectivity index (χ1v) is 6.21. The van der Waals surface area contributed by atoms with E-state index in [0.29, 0.717) is 10.3 Å². The summed E-state index contributed by atoms with van der Waals surface area (Å²) in [6.07, 6.45) is 0. The first-order valence-electron chi connectivity index (χ1n) is 3.96. The van der Waals surface area contributed by atoms with Crippen molar-refractivity contribution in [2.24, 2.45) is 0 Å². The highest BCUT2D eigenvalue weighted by Gasteiger charge is 2.19. The fraction of sp³-hybridized carbons (Fsp3) is 0.111. The molecule has 5 heteroatoms. The number of benzene rings is 1. The molecule has 1 aromatic carbocycles. The van der Waals surface area contributed by atoms with E-state index >= 15 is 0 Å². The van der Waals surface area contributed by atoms with Gasteiger partial charge >= 0.3 is 0 Å². The molecule has 1 heterocycles. The van der Waals surface area contributed by atoms with Crippen LogP contribution in [0.3, 0.4) is 0 Å². The second-order valence-corrected chi connectivity index (χ2v) is 5.57. The molecule has 0 spiro atoms. The van der Waals surface area contributed by atoms with Crippen molar-refractivity contribution in [3.8, 4) is 0 Å². The van der Waals surface area contributed by atoms with Crippen LogP contribution >= 0.6 is 11.3 Å². The zero-order valence-electron chi connectivity index (χ0n) is 7.39. The second-order valence-electron chi connectivity index (χ2n) is 2.96. The van der Waals surface area contributed by atoms with Gasteiger partial charge in [0.1, 0.15) is 4.90 Å². The van der Waals surface area contributed by atoms with Gasteiger partial charge in [-0.25, -0.2) is 0 Å². The predicted octanol–water partition coefficient (Wildman–Crippen LogP) is 2.46. The molecule has 0 unspecified atom stereocenters. The summed E-state index contributed by atoms with van der Waals surface area (Å²) in [7, 11) is -4.11. The maximum atomic E-state index is 11.1. The molecule has 2 rings (SSSR count). The van der Waals surface area contributed by atoms with Crippen LogP contribution in [-0.2, 0) is 10.1 Å². The highest BCUT2D eigenvalue weighted by molar-refractivity contribution is 7.86. The van der Waals surface area contributed by atoms with Crippen molar-refractivity contribution in [2.45, 2.75) is 11.8 Å². The van der Waals surface area contributed by atoms with Crippen molar-refractivity contribution >= 4 is 31.5 Å². The molecular weight excluding hydrogens is 220 g/mol. The number of hydrogen-bond acceptors (Lipinski definition) is 3. The van der Waals surface area contributed by atoms with Crippen LogP contribution in [0.15, 0.2) is 29.2 Å². The SMILES string of the molecule is Cc1sc2ccccc2c1S(=O)(=O)O. The van der Waals surface area contributed by atoms with E-state index in [4.69, 9.17) is 4.55 Å². The van der Waals surface area contributed by atoms with Crippen LogP contribution in [-0.4, -0.2) is 13.0 Å². The fourth-order valence-electron chi connectivity index (χ4n) is 1.46. The molecule has 0 saturated heterocycles. The first kappa shape index (κ1) is 9.64. The molecule has 0 radical (unpaired) electrons. The molecule has 0 bridgehead atoms. The Kier molecular flexibility index (Phi) is 2.10. The number of rotatable bonds is 1. The van der Waals surface area contributed by atoms with Crippen molar-refractivity contribution in [3.05, 3.63) is 29.1 Å². The summed E-state index contributed by atoms with van der Waals surface area (Å²) in [5.74, 6) is 0. The minimum absolute atomic E-state index is 0.0399. The smallest absolute Gasteiger partial charge is 0.282 e. The first-order chi connectivity index (χ1) is 6.50. The lowest BCUT2D eigenvalue weighted by Gasteiger charge is -1.95. The van der Waals surface area contributed by atoms with E-state index < -0.39 is 10.1 Å². The minimum atomic E-state index is -4.11. The molecule has 0 aliphatic heterocycles. The van der Waals surface area contributed by atoms with Gasteiger partial charge in [-0.15, -0.1) is 11.3 Å². The lowest BCUT2D eigenvalue weighted by Crippen LogP contribution is -1.98. The summed E-state index contributed by atoms with van der Waals surface area (Å²) in [6.45, 7) is 1.69. The zero-order valence-corrected chi connectivity index (χ0v) is 9.02. The van der Waals surface area contributed by atoms with Crippen molar-refractivity contribution in [2.75, 3.05) is 0 Å². The highest BCUT2D eigenvalue weighted by atomic mass is 32.2. The number of fused-ring (bicyclic) bond motifs is 1. The van der Waals surface area contributed by atoms with Gasteiger partial charge in [-0.1, -0.05) is 18.2 Å². The minimum Gasteiger partial charge on any atom is -0.282 e. The van der Waals surface area contributed by atoms with Crippen LogP contribution < -0.4 is 0 Å². The van der Waals surface area contributed by atoms with Crippen LogP contribution in [0.2, 0.25) is 0 Å². The normalized spacial score (nSPS) is 12.1. The largest absolute Gasteiger partial charge is 0.296 e. The van der Waals surface area contributed by atoms with Gasteiger partial charge < -0.3 is 0 Å². The lowest BCUT2D eigenvalue weighted by molar-refractivity contribution is 0.484. The van der Waals surface area contributed by atoms with Gasteiger partial charge in [0.25, 0.3) is 10.1 Å². The van der Waals surface area contributed by atoms with Crippen molar-refractivity contribution in [1.29, 1.82) is 0 Å². The van der Waals surface area contributed by atoms with Crippen LogP contribution in [0.4, 0.5) is 0 Å². The van der Waals surface area contributed by atoms with E-state index in [9.17, 15) is 8.42 Å². The Balaban J connectivity index is 2.95. The molecule has 0 saturated carbocycles. The standard InChI is InChI=1S/C9H8O3S2/c1-6-9(14(10,11)12)7-4-2-3-5-8(7)13-6/h2-5H,1H3,(H,10,11,12). The molecule has 2 aromatic rings. The maximum Gasteiger partial charge on any atom is 0.296 e. The predicted molar refractivity (Wildman–Crippen MR) is 56.4 cm³/mol. The van der Waals surface area contributed by atoms with Crippen molar-refractivity contribution in [3.63, 3.8) is 0 Å². The topological polar surface area (TPSA) is 54.4 Å². The molecule has 3 nitrogen and oxygen atoms in total. The van der Waals surface area contributed by atoms with Crippen LogP contribution in [0.25, 0.3) is 10.1 Å². The molecule has 1 N–H and O–H groups in total. The Labute approximate surface area is 85.7 Å². The molecule has 0 atom stereocenters. The van der Waals surface area contributed by atoms with E-state index in [-0.39, 0.29) is 4.90 Å². The molecule has 1 aromatic heterocycles. The summed E-state index contributed by atoms with van der Waals surface area (Å²) in [4.78, 5) is 0.659. The van der Waals surface area contributed by atoms with Crippen LogP contribution in [0.1, 0.15) is 4.88 Å². The van der Waals surface area contributed by atoms with E-state index in [0.717, 1.165) is 4.70 Å². The Morgan fingerprint density at radius 3 is 2.57 bits per heavy atom. The summed E-state index contributed by atoms with van der Waals surface area (Å²) in [5, 5.41) is 0.595. The molecular formula is C9H8O3S2. The summed E-state index contributed by atoms with van der Waals surface area (Å²) in [6, 6.07) is 7.12. The Morgan fingerprint density at radius 2 is 1.93 bits per heavy atom. The molecule has 0 amide bonds. The average molecular weight is 228 g/mol. The third kappa shape index (κ3) is 1.43. The fourth-order valence-corrected chi connectivity index (χ4v) is 3.75. The third-order valence-corrected chi connectivity index (χ3v) is 4.23. The van der Waals surface area contributed by atoms with Gasteiger partial charge in [0.05, 0.1) is 0 Å². The van der Waals surface area contributed by atoms with Gasteiger partial charge in [0.15, 0.2) is 0 Å².